The highest BCUT2D eigenvalue weighted by Gasteiger charge is 2.40. The van der Waals surface area contributed by atoms with Gasteiger partial charge in [-0.1, -0.05) is 23.7 Å². The molecule has 0 atom stereocenters. The normalized spacial score (nSPS) is 15.3. The zero-order valence-electron chi connectivity index (χ0n) is 15.3. The maximum Gasteiger partial charge on any atom is 0.450 e. The lowest BCUT2D eigenvalue weighted by Gasteiger charge is -2.17. The van der Waals surface area contributed by atoms with Gasteiger partial charge in [0.1, 0.15) is 12.3 Å². The second-order valence-corrected chi connectivity index (χ2v) is 7.65. The van der Waals surface area contributed by atoms with Crippen LogP contribution in [0.3, 0.4) is 0 Å². The fraction of sp³-hybridized carbons (Fsp3) is 0.286. The van der Waals surface area contributed by atoms with Crippen LogP contribution >= 0.6 is 11.6 Å². The molecule has 0 bridgehead atoms. The number of phenols is 1. The first-order valence-electron chi connectivity index (χ1n) is 9.24. The highest BCUT2D eigenvalue weighted by Crippen LogP contribution is 2.39. The van der Waals surface area contributed by atoms with E-state index < -0.39 is 22.9 Å². The third kappa shape index (κ3) is 3.72. The van der Waals surface area contributed by atoms with E-state index in [1.165, 1.54) is 36.4 Å². The van der Waals surface area contributed by atoms with Crippen molar-refractivity contribution in [2.75, 3.05) is 13.1 Å². The Morgan fingerprint density at radius 3 is 2.34 bits per heavy atom. The molecule has 2 N–H and O–H groups in total. The number of hydrogen-bond acceptors (Lipinski definition) is 3. The van der Waals surface area contributed by atoms with Crippen molar-refractivity contribution in [3.63, 3.8) is 0 Å². The van der Waals surface area contributed by atoms with Crippen molar-refractivity contribution in [1.82, 2.24) is 0 Å². The molecule has 1 fully saturated rings. The van der Waals surface area contributed by atoms with Crippen LogP contribution in [0.1, 0.15) is 24.2 Å². The number of rotatable bonds is 3. The van der Waals surface area contributed by atoms with Gasteiger partial charge in [0, 0.05) is 17.9 Å². The summed E-state index contributed by atoms with van der Waals surface area (Å²) in [5.41, 5.74) is -1.27. The molecule has 1 aliphatic rings. The van der Waals surface area contributed by atoms with Crippen LogP contribution in [0.4, 0.5) is 13.2 Å². The van der Waals surface area contributed by atoms with Gasteiger partial charge in [-0.2, -0.15) is 13.2 Å². The summed E-state index contributed by atoms with van der Waals surface area (Å²) >= 11 is 5.83. The summed E-state index contributed by atoms with van der Waals surface area (Å²) < 4.78 is 46.8. The highest BCUT2D eigenvalue weighted by molar-refractivity contribution is 6.30. The first-order valence-corrected chi connectivity index (χ1v) is 9.62. The maximum atomic E-state index is 13.8. The third-order valence-electron chi connectivity index (χ3n) is 5.27. The first kappa shape index (κ1) is 19.8. The van der Waals surface area contributed by atoms with Crippen LogP contribution in [0, 0.1) is 0 Å². The Kier molecular flexibility index (Phi) is 5.04. The van der Waals surface area contributed by atoms with Crippen LogP contribution in [0.5, 0.6) is 5.75 Å². The smallest absolute Gasteiger partial charge is 0.450 e. The topological polar surface area (TPSA) is 54.9 Å². The van der Waals surface area contributed by atoms with Crippen molar-refractivity contribution in [3.8, 4) is 16.9 Å². The molecule has 1 aromatic heterocycles. The van der Waals surface area contributed by atoms with E-state index in [1.54, 1.807) is 0 Å². The number of halogens is 4. The average Bonchev–Trinajstić information content (AvgIpc) is 3.17. The second kappa shape index (κ2) is 7.39. The minimum atomic E-state index is -4.88. The van der Waals surface area contributed by atoms with Gasteiger partial charge in [-0.05, 0) is 29.8 Å². The van der Waals surface area contributed by atoms with Crippen molar-refractivity contribution < 1.29 is 27.6 Å². The summed E-state index contributed by atoms with van der Waals surface area (Å²) in [6.45, 7) is 2.01. The summed E-state index contributed by atoms with van der Waals surface area (Å²) in [7, 11) is 0. The van der Waals surface area contributed by atoms with Crippen molar-refractivity contribution in [1.29, 1.82) is 0 Å². The largest absolute Gasteiger partial charge is 0.507 e. The van der Waals surface area contributed by atoms with E-state index in [1.807, 2.05) is 0 Å². The predicted molar refractivity (Wildman–Crippen MR) is 103 cm³/mol. The molecule has 0 saturated carbocycles. The van der Waals surface area contributed by atoms with Crippen LogP contribution in [-0.2, 0) is 12.7 Å². The number of likely N-dealkylation sites (tertiary alicyclic amines) is 1. The standard InChI is InChI=1S/C21H17ClF3NO3/c22-13-5-3-12(4-6-13)17-18(28)14-7-8-16(27)15(11-26-9-1-2-10-26)19(14)29-20(17)21(23,24)25/h3-8,27H,1-2,9-11H2/p+1. The van der Waals surface area contributed by atoms with Crippen molar-refractivity contribution in [3.05, 3.63) is 63.0 Å². The minimum Gasteiger partial charge on any atom is -0.507 e. The number of quaternary nitrogens is 1. The lowest BCUT2D eigenvalue weighted by molar-refractivity contribution is -0.901. The number of fused-ring (bicyclic) bond motifs is 1. The maximum absolute atomic E-state index is 13.8. The molecule has 2 aromatic carbocycles. The van der Waals surface area contributed by atoms with E-state index in [9.17, 15) is 23.1 Å². The van der Waals surface area contributed by atoms with Gasteiger partial charge in [0.2, 0.25) is 11.2 Å². The Hall–Kier alpha value is -2.51. The van der Waals surface area contributed by atoms with E-state index in [0.29, 0.717) is 11.6 Å². The summed E-state index contributed by atoms with van der Waals surface area (Å²) in [6, 6.07) is 8.18. The Balaban J connectivity index is 2.00. The molecule has 0 aliphatic carbocycles. The molecule has 8 heteroatoms. The van der Waals surface area contributed by atoms with E-state index in [-0.39, 0.29) is 27.8 Å². The number of benzene rings is 2. The molecule has 2 heterocycles. The first-order chi connectivity index (χ1) is 13.8. The van der Waals surface area contributed by atoms with Gasteiger partial charge in [-0.3, -0.25) is 4.79 Å². The minimum absolute atomic E-state index is 0.00865. The molecule has 0 spiro atoms. The lowest BCUT2D eigenvalue weighted by Crippen LogP contribution is -3.08. The lowest BCUT2D eigenvalue weighted by atomic mass is 10.00. The Morgan fingerprint density at radius 1 is 1.07 bits per heavy atom. The Labute approximate surface area is 169 Å². The molecule has 1 saturated heterocycles. The SMILES string of the molecule is O=c1c(-c2ccc(Cl)cc2)c(C(F)(F)F)oc2c(C[NH+]3CCCC3)c(O)ccc12. The van der Waals surface area contributed by atoms with E-state index in [0.717, 1.165) is 30.8 Å². The van der Waals surface area contributed by atoms with E-state index >= 15 is 0 Å². The van der Waals surface area contributed by atoms with Gasteiger partial charge in [0.25, 0.3) is 0 Å². The monoisotopic (exact) mass is 424 g/mol. The summed E-state index contributed by atoms with van der Waals surface area (Å²) in [5.74, 6) is -1.55. The number of nitrogens with one attached hydrogen (secondary N) is 1. The number of alkyl halides is 3. The zero-order chi connectivity index (χ0) is 20.8. The molecule has 1 aliphatic heterocycles. The van der Waals surface area contributed by atoms with Crippen LogP contribution in [0.2, 0.25) is 5.02 Å². The van der Waals surface area contributed by atoms with Crippen LogP contribution in [0.25, 0.3) is 22.1 Å². The Morgan fingerprint density at radius 2 is 1.72 bits per heavy atom. The van der Waals surface area contributed by atoms with Gasteiger partial charge < -0.3 is 14.4 Å². The molecular weight excluding hydrogens is 407 g/mol. The van der Waals surface area contributed by atoms with Crippen LogP contribution in [-0.4, -0.2) is 18.2 Å². The summed E-state index contributed by atoms with van der Waals surface area (Å²) in [5, 5.41) is 10.6. The van der Waals surface area contributed by atoms with Crippen molar-refractivity contribution >= 4 is 22.6 Å². The van der Waals surface area contributed by atoms with E-state index in [4.69, 9.17) is 16.0 Å². The molecule has 3 aromatic rings. The van der Waals surface area contributed by atoms with Gasteiger partial charge in [0.15, 0.2) is 5.58 Å². The molecular formula is C21H18ClF3NO3+. The number of hydrogen-bond donors (Lipinski definition) is 2. The predicted octanol–water partition coefficient (Wildman–Crippen LogP) is 4.02. The second-order valence-electron chi connectivity index (χ2n) is 7.21. The van der Waals surface area contributed by atoms with Crippen molar-refractivity contribution in [2.45, 2.75) is 25.6 Å². The van der Waals surface area contributed by atoms with E-state index in [2.05, 4.69) is 0 Å². The van der Waals surface area contributed by atoms with Gasteiger partial charge >= 0.3 is 6.18 Å². The number of aromatic hydroxyl groups is 1. The molecule has 4 rings (SSSR count). The zero-order valence-corrected chi connectivity index (χ0v) is 16.0. The van der Waals surface area contributed by atoms with Gasteiger partial charge in [-0.25, -0.2) is 0 Å². The molecule has 0 amide bonds. The molecule has 29 heavy (non-hydrogen) atoms. The molecule has 152 valence electrons. The van der Waals surface area contributed by atoms with Crippen molar-refractivity contribution in [2.24, 2.45) is 0 Å². The quantitative estimate of drug-likeness (QED) is 0.668. The summed E-state index contributed by atoms with van der Waals surface area (Å²) in [4.78, 5) is 14.2. The molecule has 4 nitrogen and oxygen atoms in total. The molecule has 0 unspecified atom stereocenters. The number of phenolic OH excluding ortho intramolecular Hbond substituents is 1. The van der Waals surface area contributed by atoms with Crippen LogP contribution in [0.15, 0.2) is 45.6 Å². The van der Waals surface area contributed by atoms with Gasteiger partial charge in [-0.15, -0.1) is 0 Å². The van der Waals surface area contributed by atoms with Gasteiger partial charge in [0.05, 0.1) is 29.6 Å². The average molecular weight is 425 g/mol. The fourth-order valence-corrected chi connectivity index (χ4v) is 3.98. The third-order valence-corrected chi connectivity index (χ3v) is 5.52. The Bertz CT molecular complexity index is 1120. The molecule has 0 radical (unpaired) electrons. The highest BCUT2D eigenvalue weighted by atomic mass is 35.5. The fourth-order valence-electron chi connectivity index (χ4n) is 3.85. The van der Waals surface area contributed by atoms with Crippen LogP contribution < -0.4 is 10.3 Å². The summed E-state index contributed by atoms with van der Waals surface area (Å²) in [6.07, 6.45) is -2.86.